The number of allylic oxidation sites excluding steroid dienone is 3. The molecule has 0 saturated carbocycles. The summed E-state index contributed by atoms with van der Waals surface area (Å²) < 4.78 is 0. The third kappa shape index (κ3) is 4.55. The maximum Gasteiger partial charge on any atom is 0.0219 e. The van der Waals surface area contributed by atoms with Crippen molar-refractivity contribution >= 4 is 6.08 Å². The van der Waals surface area contributed by atoms with Crippen LogP contribution in [0.1, 0.15) is 36.5 Å². The Hall–Kier alpha value is -1.38. The lowest BCUT2D eigenvalue weighted by molar-refractivity contribution is 0.190. The minimum absolute atomic E-state index is 0.0356. The van der Waals surface area contributed by atoms with Crippen molar-refractivity contribution in [3.05, 3.63) is 53.1 Å². The highest BCUT2D eigenvalue weighted by Crippen LogP contribution is 2.24. The van der Waals surface area contributed by atoms with Crippen LogP contribution < -0.4 is 5.73 Å². The Kier molecular flexibility index (Phi) is 5.38. The molecule has 1 saturated heterocycles. The van der Waals surface area contributed by atoms with E-state index in [0.29, 0.717) is 0 Å². The van der Waals surface area contributed by atoms with E-state index in [9.17, 15) is 0 Å². The van der Waals surface area contributed by atoms with Gasteiger partial charge in [0.1, 0.15) is 0 Å². The number of nitrogens with zero attached hydrogens (tertiary/aromatic N) is 1. The van der Waals surface area contributed by atoms with Crippen LogP contribution in [0.25, 0.3) is 6.08 Å². The number of nitrogens with two attached hydrogens (primary N) is 1. The van der Waals surface area contributed by atoms with E-state index in [1.54, 1.807) is 0 Å². The van der Waals surface area contributed by atoms with E-state index >= 15 is 0 Å². The molecule has 0 bridgehead atoms. The predicted molar refractivity (Wildman–Crippen MR) is 92.4 cm³/mol. The van der Waals surface area contributed by atoms with Crippen molar-refractivity contribution in [3.63, 3.8) is 0 Å². The molecule has 114 valence electrons. The summed E-state index contributed by atoms with van der Waals surface area (Å²) in [6.45, 7) is 6.41. The van der Waals surface area contributed by atoms with Crippen LogP contribution in [-0.4, -0.2) is 30.6 Å². The fourth-order valence-corrected chi connectivity index (χ4v) is 2.90. The van der Waals surface area contributed by atoms with Gasteiger partial charge in [-0.1, -0.05) is 42.5 Å². The largest absolute Gasteiger partial charge is 0.325 e. The van der Waals surface area contributed by atoms with Crippen molar-refractivity contribution in [2.45, 2.75) is 38.6 Å². The predicted octanol–water partition coefficient (Wildman–Crippen LogP) is 3.55. The molecule has 0 aliphatic carbocycles. The van der Waals surface area contributed by atoms with Crippen molar-refractivity contribution in [3.8, 4) is 0 Å². The summed E-state index contributed by atoms with van der Waals surface area (Å²) in [6, 6.07) is 6.74. The highest BCUT2D eigenvalue weighted by molar-refractivity contribution is 5.56. The van der Waals surface area contributed by atoms with Gasteiger partial charge < -0.3 is 10.6 Å². The first-order valence-corrected chi connectivity index (χ1v) is 7.89. The summed E-state index contributed by atoms with van der Waals surface area (Å²) in [5.41, 5.74) is 10.5. The summed E-state index contributed by atoms with van der Waals surface area (Å²) in [5, 5.41) is 0. The van der Waals surface area contributed by atoms with E-state index in [0.717, 1.165) is 32.4 Å². The Morgan fingerprint density at radius 3 is 2.62 bits per heavy atom. The third-order valence-corrected chi connectivity index (χ3v) is 4.46. The number of hydrogen-bond donors (Lipinski definition) is 1. The fraction of sp³-hybridized carbons (Fsp3) is 0.474. The van der Waals surface area contributed by atoms with Crippen molar-refractivity contribution in [1.82, 2.24) is 4.90 Å². The molecule has 2 nitrogen and oxygen atoms in total. The minimum atomic E-state index is -0.0356. The number of piperidine rings is 1. The van der Waals surface area contributed by atoms with Crippen LogP contribution >= 0.6 is 0 Å². The highest BCUT2D eigenvalue weighted by atomic mass is 15.1. The monoisotopic (exact) mass is 284 g/mol. The third-order valence-electron chi connectivity index (χ3n) is 4.46. The number of likely N-dealkylation sites (tertiary alicyclic amines) is 1. The quantitative estimate of drug-likeness (QED) is 0.857. The average molecular weight is 284 g/mol. The molecule has 0 spiro atoms. The van der Waals surface area contributed by atoms with Gasteiger partial charge in [-0.25, -0.2) is 0 Å². The van der Waals surface area contributed by atoms with E-state index in [-0.39, 0.29) is 5.54 Å². The van der Waals surface area contributed by atoms with Gasteiger partial charge in [0.25, 0.3) is 0 Å². The van der Waals surface area contributed by atoms with E-state index in [2.05, 4.69) is 55.3 Å². The van der Waals surface area contributed by atoms with E-state index in [4.69, 9.17) is 5.73 Å². The SMILES string of the molecule is C/C=C/C=C\c1cc(CC2(N)CCN(C)CC2)ccc1C. The summed E-state index contributed by atoms with van der Waals surface area (Å²) >= 11 is 0. The first kappa shape index (κ1) is 16.0. The topological polar surface area (TPSA) is 29.3 Å². The van der Waals surface area contributed by atoms with E-state index in [1.165, 1.54) is 16.7 Å². The first-order valence-electron chi connectivity index (χ1n) is 7.89. The Morgan fingerprint density at radius 1 is 1.24 bits per heavy atom. The molecule has 2 rings (SSSR count). The number of aryl methyl sites for hydroxylation is 1. The molecular weight excluding hydrogens is 256 g/mol. The Bertz CT molecular complexity index is 520. The van der Waals surface area contributed by atoms with Gasteiger partial charge in [0.15, 0.2) is 0 Å². The van der Waals surface area contributed by atoms with Gasteiger partial charge in [0, 0.05) is 5.54 Å². The molecule has 1 aliphatic heterocycles. The molecule has 1 heterocycles. The Balaban J connectivity index is 2.11. The summed E-state index contributed by atoms with van der Waals surface area (Å²) in [7, 11) is 2.18. The van der Waals surface area contributed by atoms with Crippen LogP contribution in [0, 0.1) is 6.92 Å². The second-order valence-electron chi connectivity index (χ2n) is 6.42. The zero-order valence-electron chi connectivity index (χ0n) is 13.6. The lowest BCUT2D eigenvalue weighted by Crippen LogP contribution is -2.50. The summed E-state index contributed by atoms with van der Waals surface area (Å²) in [4.78, 5) is 2.37. The normalized spacial score (nSPS) is 19.6. The molecule has 0 atom stereocenters. The summed E-state index contributed by atoms with van der Waals surface area (Å²) in [5.74, 6) is 0. The number of rotatable bonds is 4. The van der Waals surface area contributed by atoms with Crippen LogP contribution in [0.4, 0.5) is 0 Å². The fourth-order valence-electron chi connectivity index (χ4n) is 2.90. The Morgan fingerprint density at radius 2 is 1.95 bits per heavy atom. The zero-order chi connectivity index (χ0) is 15.3. The van der Waals surface area contributed by atoms with Crippen LogP contribution in [0.2, 0.25) is 0 Å². The minimum Gasteiger partial charge on any atom is -0.325 e. The first-order chi connectivity index (χ1) is 10.0. The van der Waals surface area contributed by atoms with Gasteiger partial charge in [-0.3, -0.25) is 0 Å². The maximum atomic E-state index is 6.61. The van der Waals surface area contributed by atoms with Crippen LogP contribution in [-0.2, 0) is 6.42 Å². The van der Waals surface area contributed by atoms with E-state index in [1.807, 2.05) is 13.0 Å². The van der Waals surface area contributed by atoms with Crippen molar-refractivity contribution in [2.75, 3.05) is 20.1 Å². The number of benzene rings is 1. The van der Waals surface area contributed by atoms with Crippen LogP contribution in [0.3, 0.4) is 0 Å². The summed E-state index contributed by atoms with van der Waals surface area (Å²) in [6.07, 6.45) is 11.5. The number of hydrogen-bond acceptors (Lipinski definition) is 2. The second kappa shape index (κ2) is 7.06. The molecule has 2 N–H and O–H groups in total. The van der Waals surface area contributed by atoms with Gasteiger partial charge in [-0.2, -0.15) is 0 Å². The average Bonchev–Trinajstić information content (AvgIpc) is 2.46. The van der Waals surface area contributed by atoms with Crippen molar-refractivity contribution in [2.24, 2.45) is 5.73 Å². The van der Waals surface area contributed by atoms with Gasteiger partial charge in [-0.05, 0) is 69.9 Å². The molecule has 1 fully saturated rings. The standard InChI is InChI=1S/C19H28N2/c1-4-5-6-7-18-14-17(9-8-16(18)2)15-19(20)10-12-21(3)13-11-19/h4-9,14H,10-13,15,20H2,1-3H3/b5-4+,7-6-. The lowest BCUT2D eigenvalue weighted by Gasteiger charge is -2.38. The lowest BCUT2D eigenvalue weighted by atomic mass is 9.82. The molecule has 1 aromatic rings. The van der Waals surface area contributed by atoms with Crippen LogP contribution in [0.5, 0.6) is 0 Å². The smallest absolute Gasteiger partial charge is 0.0219 e. The van der Waals surface area contributed by atoms with Crippen molar-refractivity contribution < 1.29 is 0 Å². The molecular formula is C19H28N2. The maximum absolute atomic E-state index is 6.61. The van der Waals surface area contributed by atoms with Crippen LogP contribution in [0.15, 0.2) is 36.4 Å². The van der Waals surface area contributed by atoms with Gasteiger partial charge in [-0.15, -0.1) is 0 Å². The van der Waals surface area contributed by atoms with E-state index < -0.39 is 0 Å². The Labute approximate surface area is 129 Å². The molecule has 0 amide bonds. The molecule has 0 unspecified atom stereocenters. The molecule has 2 heteroatoms. The second-order valence-corrected chi connectivity index (χ2v) is 6.42. The van der Waals surface area contributed by atoms with Crippen molar-refractivity contribution in [1.29, 1.82) is 0 Å². The highest BCUT2D eigenvalue weighted by Gasteiger charge is 2.29. The van der Waals surface area contributed by atoms with Gasteiger partial charge in [0.05, 0.1) is 0 Å². The van der Waals surface area contributed by atoms with Gasteiger partial charge >= 0.3 is 0 Å². The molecule has 0 aromatic heterocycles. The zero-order valence-corrected chi connectivity index (χ0v) is 13.6. The molecule has 0 radical (unpaired) electrons. The molecule has 21 heavy (non-hydrogen) atoms. The van der Waals surface area contributed by atoms with Gasteiger partial charge in [0.2, 0.25) is 0 Å². The molecule has 1 aliphatic rings. The molecule has 1 aromatic carbocycles.